The number of aryl methyl sites for hydroxylation is 1. The quantitative estimate of drug-likeness (QED) is 0.758. The Hall–Kier alpha value is -2.73. The zero-order chi connectivity index (χ0) is 17.2. The molecule has 2 aromatic carbocycles. The molecule has 0 atom stereocenters. The van der Waals surface area contributed by atoms with Crippen molar-refractivity contribution in [3.8, 4) is 16.9 Å². The number of furan rings is 1. The van der Waals surface area contributed by atoms with E-state index in [4.69, 9.17) is 9.15 Å². The van der Waals surface area contributed by atoms with E-state index in [1.165, 1.54) is 19.2 Å². The maximum Gasteiger partial charge on any atom is 0.261 e. The van der Waals surface area contributed by atoms with Crippen LogP contribution in [0.15, 0.2) is 70.4 Å². The van der Waals surface area contributed by atoms with Crippen LogP contribution in [0.4, 0.5) is 5.69 Å². The smallest absolute Gasteiger partial charge is 0.261 e. The highest BCUT2D eigenvalue weighted by Crippen LogP contribution is 2.27. The molecule has 0 radical (unpaired) electrons. The molecule has 3 aromatic rings. The van der Waals surface area contributed by atoms with Crippen LogP contribution in [0.3, 0.4) is 0 Å². The van der Waals surface area contributed by atoms with Crippen molar-refractivity contribution in [1.82, 2.24) is 0 Å². The van der Waals surface area contributed by atoms with Crippen molar-refractivity contribution in [3.63, 3.8) is 0 Å². The molecule has 0 fully saturated rings. The van der Waals surface area contributed by atoms with Crippen LogP contribution in [-0.2, 0) is 10.0 Å². The Balaban J connectivity index is 1.92. The molecule has 0 spiro atoms. The van der Waals surface area contributed by atoms with Crippen LogP contribution >= 0.6 is 0 Å². The first-order valence-electron chi connectivity index (χ1n) is 7.29. The van der Waals surface area contributed by atoms with Crippen molar-refractivity contribution in [2.24, 2.45) is 0 Å². The third-order valence-corrected chi connectivity index (χ3v) is 4.95. The monoisotopic (exact) mass is 343 g/mol. The van der Waals surface area contributed by atoms with Crippen LogP contribution in [0.25, 0.3) is 11.1 Å². The molecule has 0 unspecified atom stereocenters. The van der Waals surface area contributed by atoms with E-state index in [1.807, 2.05) is 19.1 Å². The maximum atomic E-state index is 12.5. The molecule has 3 rings (SSSR count). The van der Waals surface area contributed by atoms with Crippen LogP contribution in [0, 0.1) is 6.92 Å². The Morgan fingerprint density at radius 1 is 1.00 bits per heavy atom. The van der Waals surface area contributed by atoms with Gasteiger partial charge in [-0.2, -0.15) is 0 Å². The molecule has 1 heterocycles. The predicted octanol–water partition coefficient (Wildman–Crippen LogP) is 4.06. The lowest BCUT2D eigenvalue weighted by Crippen LogP contribution is -2.13. The maximum absolute atomic E-state index is 12.5. The third-order valence-electron chi connectivity index (χ3n) is 3.55. The first kappa shape index (κ1) is 16.1. The first-order valence-corrected chi connectivity index (χ1v) is 8.77. The summed E-state index contributed by atoms with van der Waals surface area (Å²) < 4.78 is 37.8. The van der Waals surface area contributed by atoms with Crippen LogP contribution in [-0.4, -0.2) is 15.5 Å². The Kier molecular flexibility index (Phi) is 4.31. The lowest BCUT2D eigenvalue weighted by molar-refractivity contribution is 0.414. The predicted molar refractivity (Wildman–Crippen MR) is 92.7 cm³/mol. The molecule has 0 amide bonds. The highest BCUT2D eigenvalue weighted by atomic mass is 32.2. The van der Waals surface area contributed by atoms with Gasteiger partial charge in [-0.1, -0.05) is 6.07 Å². The molecule has 0 saturated carbocycles. The van der Waals surface area contributed by atoms with Crippen molar-refractivity contribution >= 4 is 15.7 Å². The van der Waals surface area contributed by atoms with Gasteiger partial charge in [0.1, 0.15) is 5.75 Å². The molecule has 124 valence electrons. The first-order chi connectivity index (χ1) is 11.5. The second-order valence-electron chi connectivity index (χ2n) is 5.38. The molecule has 1 N–H and O–H groups in total. The second-order valence-corrected chi connectivity index (χ2v) is 7.06. The van der Waals surface area contributed by atoms with E-state index in [9.17, 15) is 8.42 Å². The number of hydrogen-bond donors (Lipinski definition) is 1. The summed E-state index contributed by atoms with van der Waals surface area (Å²) in [6, 6.07) is 13.6. The van der Waals surface area contributed by atoms with Gasteiger partial charge in [0.05, 0.1) is 24.5 Å². The number of ether oxygens (including phenoxy) is 1. The molecule has 0 aliphatic rings. The average molecular weight is 343 g/mol. The van der Waals surface area contributed by atoms with Gasteiger partial charge in [-0.3, -0.25) is 4.72 Å². The van der Waals surface area contributed by atoms with Gasteiger partial charge >= 0.3 is 0 Å². The zero-order valence-corrected chi connectivity index (χ0v) is 14.1. The number of benzene rings is 2. The van der Waals surface area contributed by atoms with Crippen LogP contribution in [0.1, 0.15) is 5.56 Å². The van der Waals surface area contributed by atoms with Gasteiger partial charge in [0.25, 0.3) is 10.0 Å². The van der Waals surface area contributed by atoms with Crippen molar-refractivity contribution in [2.75, 3.05) is 11.8 Å². The average Bonchev–Trinajstić information content (AvgIpc) is 3.08. The number of hydrogen-bond acceptors (Lipinski definition) is 4. The van der Waals surface area contributed by atoms with E-state index in [-0.39, 0.29) is 4.90 Å². The fraction of sp³-hybridized carbons (Fsp3) is 0.111. The Bertz CT molecular complexity index is 930. The number of methoxy groups -OCH3 is 1. The summed E-state index contributed by atoms with van der Waals surface area (Å²) in [6.07, 6.45) is 3.20. The molecule has 0 aliphatic heterocycles. The number of sulfonamides is 1. The number of nitrogens with one attached hydrogen (secondary N) is 1. The van der Waals surface area contributed by atoms with Gasteiger partial charge in [0, 0.05) is 11.3 Å². The van der Waals surface area contributed by atoms with E-state index in [2.05, 4.69) is 4.72 Å². The lowest BCUT2D eigenvalue weighted by atomic mass is 10.1. The largest absolute Gasteiger partial charge is 0.497 e. The van der Waals surface area contributed by atoms with Gasteiger partial charge in [-0.15, -0.1) is 0 Å². The fourth-order valence-electron chi connectivity index (χ4n) is 2.41. The molecule has 1 aromatic heterocycles. The molecule has 6 heteroatoms. The summed E-state index contributed by atoms with van der Waals surface area (Å²) in [5.74, 6) is 0.603. The van der Waals surface area contributed by atoms with Gasteiger partial charge in [0.2, 0.25) is 0 Å². The summed E-state index contributed by atoms with van der Waals surface area (Å²) in [7, 11) is -2.14. The molecular weight excluding hydrogens is 326 g/mol. The van der Waals surface area contributed by atoms with Gasteiger partial charge in [0.15, 0.2) is 0 Å². The normalized spacial score (nSPS) is 11.2. The van der Waals surface area contributed by atoms with E-state index in [0.717, 1.165) is 16.7 Å². The van der Waals surface area contributed by atoms with E-state index < -0.39 is 10.0 Å². The van der Waals surface area contributed by atoms with E-state index in [1.54, 1.807) is 36.8 Å². The summed E-state index contributed by atoms with van der Waals surface area (Å²) in [5, 5.41) is 0. The standard InChI is InChI=1S/C18H17NO4S/c1-13-9-15(14-7-8-23-12-14)11-16(10-13)19-24(20,21)18-5-3-17(22-2)4-6-18/h3-12,19H,1-2H3. The molecule has 5 nitrogen and oxygen atoms in total. The van der Waals surface area contributed by atoms with Gasteiger partial charge in [-0.25, -0.2) is 8.42 Å². The Labute approximate surface area is 140 Å². The van der Waals surface area contributed by atoms with Gasteiger partial charge in [-0.05, 0) is 60.5 Å². The third kappa shape index (κ3) is 3.44. The van der Waals surface area contributed by atoms with E-state index in [0.29, 0.717) is 11.4 Å². The minimum atomic E-state index is -3.67. The van der Waals surface area contributed by atoms with Crippen molar-refractivity contribution in [2.45, 2.75) is 11.8 Å². The topological polar surface area (TPSA) is 68.5 Å². The summed E-state index contributed by atoms with van der Waals surface area (Å²) in [4.78, 5) is 0.176. The summed E-state index contributed by atoms with van der Waals surface area (Å²) in [6.45, 7) is 1.91. The number of rotatable bonds is 5. The Morgan fingerprint density at radius 2 is 1.75 bits per heavy atom. The van der Waals surface area contributed by atoms with Crippen molar-refractivity contribution in [1.29, 1.82) is 0 Å². The second kappa shape index (κ2) is 6.41. The number of anilines is 1. The molecular formula is C18H17NO4S. The molecule has 0 bridgehead atoms. The Morgan fingerprint density at radius 3 is 2.38 bits per heavy atom. The summed E-state index contributed by atoms with van der Waals surface area (Å²) in [5.41, 5.74) is 3.22. The molecule has 24 heavy (non-hydrogen) atoms. The fourth-order valence-corrected chi connectivity index (χ4v) is 3.45. The van der Waals surface area contributed by atoms with Gasteiger partial charge < -0.3 is 9.15 Å². The SMILES string of the molecule is COc1ccc(S(=O)(=O)Nc2cc(C)cc(-c3ccoc3)c2)cc1. The zero-order valence-electron chi connectivity index (χ0n) is 13.3. The minimum absolute atomic E-state index is 0.176. The highest BCUT2D eigenvalue weighted by molar-refractivity contribution is 7.92. The van der Waals surface area contributed by atoms with Crippen molar-refractivity contribution < 1.29 is 17.6 Å². The molecule has 0 saturated heterocycles. The lowest BCUT2D eigenvalue weighted by Gasteiger charge is -2.11. The van der Waals surface area contributed by atoms with Crippen LogP contribution in [0.5, 0.6) is 5.75 Å². The van der Waals surface area contributed by atoms with E-state index >= 15 is 0 Å². The van der Waals surface area contributed by atoms with Crippen molar-refractivity contribution in [3.05, 3.63) is 66.6 Å². The molecule has 0 aliphatic carbocycles. The minimum Gasteiger partial charge on any atom is -0.497 e. The van der Waals surface area contributed by atoms with Crippen LogP contribution < -0.4 is 9.46 Å². The summed E-state index contributed by atoms with van der Waals surface area (Å²) >= 11 is 0. The highest BCUT2D eigenvalue weighted by Gasteiger charge is 2.15. The van der Waals surface area contributed by atoms with Crippen LogP contribution in [0.2, 0.25) is 0 Å².